The zero-order valence-corrected chi connectivity index (χ0v) is 15.8. The summed E-state index contributed by atoms with van der Waals surface area (Å²) in [5.41, 5.74) is 4.04. The maximum Gasteiger partial charge on any atom is 0.225 e. The van der Waals surface area contributed by atoms with Crippen LogP contribution in [-0.4, -0.2) is 29.0 Å². The van der Waals surface area contributed by atoms with Crippen LogP contribution in [0.3, 0.4) is 0 Å². The maximum absolute atomic E-state index is 12.6. The molecule has 1 saturated heterocycles. The van der Waals surface area contributed by atoms with Crippen molar-refractivity contribution in [1.82, 2.24) is 20.6 Å². The molecule has 4 rings (SSSR count). The number of rotatable bonds is 4. The number of hydrogen-bond acceptors (Lipinski definition) is 3. The molecule has 2 unspecified atom stereocenters. The fraction of sp³-hybridized carbons (Fsp3) is 0.263. The number of fused-ring (bicyclic) bond motifs is 1. The lowest BCUT2D eigenvalue weighted by Gasteiger charge is -2.22. The number of H-pyrrole nitrogens is 1. The Labute approximate surface area is 164 Å². The molecular formula is C19H22Cl2N4O. The third kappa shape index (κ3) is 4.18. The van der Waals surface area contributed by atoms with E-state index in [-0.39, 0.29) is 42.7 Å². The normalized spacial score (nSPS) is 17.2. The number of carbonyl (C=O) groups is 1. The molecule has 1 aliphatic heterocycles. The molecule has 0 saturated carbocycles. The first kappa shape index (κ1) is 20.2. The first-order chi connectivity index (χ1) is 11.8. The summed E-state index contributed by atoms with van der Waals surface area (Å²) in [4.78, 5) is 20.1. The van der Waals surface area contributed by atoms with Gasteiger partial charge in [-0.2, -0.15) is 0 Å². The summed E-state index contributed by atoms with van der Waals surface area (Å²) < 4.78 is 0. The third-order valence-electron chi connectivity index (χ3n) is 4.63. The highest BCUT2D eigenvalue weighted by molar-refractivity contribution is 5.85. The third-order valence-corrected chi connectivity index (χ3v) is 4.63. The molecule has 0 spiro atoms. The number of carbonyl (C=O) groups excluding carboxylic acids is 1. The highest BCUT2D eigenvalue weighted by Gasteiger charge is 2.26. The number of aromatic nitrogens is 2. The van der Waals surface area contributed by atoms with Gasteiger partial charge in [-0.25, -0.2) is 4.98 Å². The summed E-state index contributed by atoms with van der Waals surface area (Å²) >= 11 is 0. The van der Waals surface area contributed by atoms with Crippen LogP contribution in [-0.2, 0) is 4.79 Å². The van der Waals surface area contributed by atoms with Crippen LogP contribution in [0.5, 0.6) is 0 Å². The summed E-state index contributed by atoms with van der Waals surface area (Å²) in [5.74, 6) is 0.158. The van der Waals surface area contributed by atoms with Gasteiger partial charge >= 0.3 is 0 Å². The first-order valence-electron chi connectivity index (χ1n) is 8.30. The highest BCUT2D eigenvalue weighted by Crippen LogP contribution is 2.25. The number of halogens is 2. The maximum atomic E-state index is 12.6. The molecule has 3 N–H and O–H groups in total. The van der Waals surface area contributed by atoms with Crippen LogP contribution in [0.15, 0.2) is 54.9 Å². The second-order valence-corrected chi connectivity index (χ2v) is 6.22. The second-order valence-electron chi connectivity index (χ2n) is 6.22. The topological polar surface area (TPSA) is 69.8 Å². The minimum absolute atomic E-state index is 0. The predicted octanol–water partition coefficient (Wildman–Crippen LogP) is 3.22. The van der Waals surface area contributed by atoms with Gasteiger partial charge in [0.15, 0.2) is 0 Å². The van der Waals surface area contributed by atoms with Gasteiger partial charge in [0.05, 0.1) is 29.3 Å². The van der Waals surface area contributed by atoms with Crippen LogP contribution in [0.25, 0.3) is 11.0 Å². The standard InChI is InChI=1S/C19H20N4O.2ClH/c24-19(15-8-9-20-11-15)23-18(13-4-2-1-3-5-13)14-6-7-16-17(10-14)22-12-21-16;;/h1-7,10,12,15,18,20H,8-9,11H2,(H,21,22)(H,23,24);2*1H. The number of benzene rings is 2. The van der Waals surface area contributed by atoms with Crippen molar-refractivity contribution in [2.75, 3.05) is 13.1 Å². The molecule has 1 amide bonds. The van der Waals surface area contributed by atoms with E-state index in [0.29, 0.717) is 0 Å². The predicted molar refractivity (Wildman–Crippen MR) is 108 cm³/mol. The van der Waals surface area contributed by atoms with Crippen LogP contribution in [0.4, 0.5) is 0 Å². The number of imidazole rings is 1. The molecule has 3 aromatic rings. The Hall–Kier alpha value is -2.08. The summed E-state index contributed by atoms with van der Waals surface area (Å²) in [5, 5.41) is 6.49. The van der Waals surface area contributed by atoms with E-state index in [9.17, 15) is 4.79 Å². The molecule has 0 radical (unpaired) electrons. The van der Waals surface area contributed by atoms with Crippen molar-refractivity contribution in [3.8, 4) is 0 Å². The van der Waals surface area contributed by atoms with Gasteiger partial charge in [-0.1, -0.05) is 36.4 Å². The van der Waals surface area contributed by atoms with Gasteiger partial charge in [0, 0.05) is 6.54 Å². The van der Waals surface area contributed by atoms with Crippen molar-refractivity contribution in [3.05, 3.63) is 66.0 Å². The largest absolute Gasteiger partial charge is 0.345 e. The van der Waals surface area contributed by atoms with E-state index in [4.69, 9.17) is 0 Å². The molecule has 1 fully saturated rings. The smallest absolute Gasteiger partial charge is 0.225 e. The summed E-state index contributed by atoms with van der Waals surface area (Å²) in [6.45, 7) is 1.67. The summed E-state index contributed by atoms with van der Waals surface area (Å²) in [6.07, 6.45) is 2.58. The average molecular weight is 393 g/mol. The van der Waals surface area contributed by atoms with Crippen LogP contribution < -0.4 is 10.6 Å². The van der Waals surface area contributed by atoms with Crippen LogP contribution in [0.2, 0.25) is 0 Å². The van der Waals surface area contributed by atoms with Crippen molar-refractivity contribution in [3.63, 3.8) is 0 Å². The van der Waals surface area contributed by atoms with E-state index in [1.807, 2.05) is 30.3 Å². The Bertz CT molecular complexity index is 847. The molecule has 0 bridgehead atoms. The molecule has 1 aromatic heterocycles. The number of amides is 1. The first-order valence-corrected chi connectivity index (χ1v) is 8.30. The Morgan fingerprint density at radius 3 is 2.65 bits per heavy atom. The second kappa shape index (κ2) is 9.03. The van der Waals surface area contributed by atoms with Crippen LogP contribution in [0, 0.1) is 5.92 Å². The van der Waals surface area contributed by atoms with E-state index in [0.717, 1.165) is 41.7 Å². The van der Waals surface area contributed by atoms with E-state index >= 15 is 0 Å². The lowest BCUT2D eigenvalue weighted by atomic mass is 9.97. The average Bonchev–Trinajstić information content (AvgIpc) is 3.31. The molecule has 2 atom stereocenters. The van der Waals surface area contributed by atoms with Crippen molar-refractivity contribution in [2.45, 2.75) is 12.5 Å². The Kier molecular flexibility index (Phi) is 7.03. The van der Waals surface area contributed by atoms with Crippen LogP contribution >= 0.6 is 24.8 Å². The highest BCUT2D eigenvalue weighted by atomic mass is 35.5. The van der Waals surface area contributed by atoms with Gasteiger partial charge in [0.2, 0.25) is 5.91 Å². The lowest BCUT2D eigenvalue weighted by molar-refractivity contribution is -0.124. The monoisotopic (exact) mass is 392 g/mol. The lowest BCUT2D eigenvalue weighted by Crippen LogP contribution is -2.35. The number of hydrogen-bond donors (Lipinski definition) is 3. The van der Waals surface area contributed by atoms with E-state index in [2.05, 4.69) is 38.8 Å². The fourth-order valence-electron chi connectivity index (χ4n) is 3.28. The van der Waals surface area contributed by atoms with Crippen molar-refractivity contribution >= 4 is 41.8 Å². The quantitative estimate of drug-likeness (QED) is 0.638. The molecule has 26 heavy (non-hydrogen) atoms. The van der Waals surface area contributed by atoms with Gasteiger partial charge in [0.25, 0.3) is 0 Å². The van der Waals surface area contributed by atoms with E-state index < -0.39 is 0 Å². The molecule has 1 aliphatic rings. The van der Waals surface area contributed by atoms with Crippen molar-refractivity contribution in [2.24, 2.45) is 5.92 Å². The van der Waals surface area contributed by atoms with Crippen LogP contribution in [0.1, 0.15) is 23.6 Å². The fourth-order valence-corrected chi connectivity index (χ4v) is 3.28. The molecular weight excluding hydrogens is 371 g/mol. The Balaban J connectivity index is 0.00000121. The molecule has 7 heteroatoms. The van der Waals surface area contributed by atoms with E-state index in [1.165, 1.54) is 0 Å². The van der Waals surface area contributed by atoms with Gasteiger partial charge in [0.1, 0.15) is 0 Å². The van der Waals surface area contributed by atoms with Crippen molar-refractivity contribution in [1.29, 1.82) is 0 Å². The Morgan fingerprint density at radius 2 is 1.92 bits per heavy atom. The summed E-state index contributed by atoms with van der Waals surface area (Å²) in [7, 11) is 0. The van der Waals surface area contributed by atoms with Gasteiger partial charge in [-0.3, -0.25) is 4.79 Å². The molecule has 2 heterocycles. The SMILES string of the molecule is Cl.Cl.O=C(NC(c1ccccc1)c1ccc2nc[nH]c2c1)C1CCNC1. The molecule has 0 aliphatic carbocycles. The van der Waals surface area contributed by atoms with Gasteiger partial charge in [-0.15, -0.1) is 24.8 Å². The summed E-state index contributed by atoms with van der Waals surface area (Å²) in [6, 6.07) is 16.0. The van der Waals surface area contributed by atoms with E-state index in [1.54, 1.807) is 6.33 Å². The molecule has 2 aromatic carbocycles. The number of nitrogens with one attached hydrogen (secondary N) is 3. The minimum Gasteiger partial charge on any atom is -0.345 e. The van der Waals surface area contributed by atoms with Gasteiger partial charge < -0.3 is 15.6 Å². The zero-order valence-electron chi connectivity index (χ0n) is 14.1. The zero-order chi connectivity index (χ0) is 16.4. The number of nitrogens with zero attached hydrogens (tertiary/aromatic N) is 1. The van der Waals surface area contributed by atoms with Crippen molar-refractivity contribution < 1.29 is 4.79 Å². The number of aromatic amines is 1. The molecule has 5 nitrogen and oxygen atoms in total. The van der Waals surface area contributed by atoms with Gasteiger partial charge in [-0.05, 0) is 36.2 Å². The Morgan fingerprint density at radius 1 is 1.12 bits per heavy atom. The minimum atomic E-state index is -0.160. The molecule has 138 valence electrons.